The number of nitrogens with one attached hydrogen (secondary N) is 1. The first-order valence-electron chi connectivity index (χ1n) is 9.82. The van der Waals surface area contributed by atoms with Gasteiger partial charge in [0.25, 0.3) is 0 Å². The molecule has 1 heterocycles. The van der Waals surface area contributed by atoms with Crippen LogP contribution in [-0.2, 0) is 6.42 Å². The lowest BCUT2D eigenvalue weighted by Crippen LogP contribution is -2.52. The fourth-order valence-electron chi connectivity index (χ4n) is 4.25. The van der Waals surface area contributed by atoms with Crippen molar-refractivity contribution < 1.29 is 4.79 Å². The summed E-state index contributed by atoms with van der Waals surface area (Å²) in [6.07, 6.45) is 3.51. The molecule has 4 nitrogen and oxygen atoms in total. The molecule has 27 heavy (non-hydrogen) atoms. The summed E-state index contributed by atoms with van der Waals surface area (Å²) in [5.74, 6) is 0.434. The van der Waals surface area contributed by atoms with Crippen molar-refractivity contribution in [2.75, 3.05) is 37.6 Å². The van der Waals surface area contributed by atoms with E-state index in [1.807, 2.05) is 29.2 Å². The van der Waals surface area contributed by atoms with E-state index in [4.69, 9.17) is 11.6 Å². The number of carbonyl (C=O) groups is 1. The number of benzene rings is 2. The van der Waals surface area contributed by atoms with Gasteiger partial charge in [-0.25, -0.2) is 4.79 Å². The monoisotopic (exact) mass is 383 g/mol. The van der Waals surface area contributed by atoms with Crippen LogP contribution < -0.4 is 10.2 Å². The molecule has 0 bridgehead atoms. The van der Waals surface area contributed by atoms with Crippen LogP contribution in [0.1, 0.15) is 29.9 Å². The Kier molecular flexibility index (Phi) is 5.53. The van der Waals surface area contributed by atoms with Gasteiger partial charge in [-0.3, -0.25) is 0 Å². The van der Waals surface area contributed by atoms with Crippen molar-refractivity contribution in [1.29, 1.82) is 0 Å². The highest BCUT2D eigenvalue weighted by molar-refractivity contribution is 6.33. The Morgan fingerprint density at radius 2 is 1.78 bits per heavy atom. The van der Waals surface area contributed by atoms with Crippen LogP contribution in [-0.4, -0.2) is 43.7 Å². The molecule has 1 saturated heterocycles. The van der Waals surface area contributed by atoms with Gasteiger partial charge in [-0.2, -0.15) is 0 Å². The second kappa shape index (κ2) is 8.22. The molecule has 1 fully saturated rings. The van der Waals surface area contributed by atoms with Gasteiger partial charge in [-0.05, 0) is 42.5 Å². The zero-order chi connectivity index (χ0) is 18.6. The Morgan fingerprint density at radius 3 is 2.59 bits per heavy atom. The maximum Gasteiger partial charge on any atom is 0.317 e. The van der Waals surface area contributed by atoms with E-state index < -0.39 is 0 Å². The molecule has 0 saturated carbocycles. The molecule has 0 spiro atoms. The van der Waals surface area contributed by atoms with Gasteiger partial charge in [0.2, 0.25) is 0 Å². The lowest BCUT2D eigenvalue weighted by Gasteiger charge is -2.36. The van der Waals surface area contributed by atoms with E-state index in [0.29, 0.717) is 5.92 Å². The van der Waals surface area contributed by atoms with E-state index in [2.05, 4.69) is 34.5 Å². The van der Waals surface area contributed by atoms with Crippen LogP contribution in [0.15, 0.2) is 48.5 Å². The molecule has 5 heteroatoms. The molecule has 0 radical (unpaired) electrons. The number of piperazine rings is 1. The third-order valence-corrected chi connectivity index (χ3v) is 6.07. The Labute approximate surface area is 166 Å². The first-order valence-corrected chi connectivity index (χ1v) is 10.2. The summed E-state index contributed by atoms with van der Waals surface area (Å²) in [6, 6.07) is 16.6. The molecule has 1 unspecified atom stereocenters. The number of halogens is 1. The van der Waals surface area contributed by atoms with Crippen LogP contribution in [0.3, 0.4) is 0 Å². The fourth-order valence-corrected chi connectivity index (χ4v) is 4.50. The lowest BCUT2D eigenvalue weighted by molar-refractivity contribution is 0.193. The van der Waals surface area contributed by atoms with Crippen molar-refractivity contribution in [1.82, 2.24) is 10.2 Å². The van der Waals surface area contributed by atoms with Crippen LogP contribution >= 0.6 is 11.6 Å². The van der Waals surface area contributed by atoms with Crippen LogP contribution in [0.5, 0.6) is 0 Å². The molecular formula is C22H26ClN3O. The molecule has 4 rings (SSSR count). The first-order chi connectivity index (χ1) is 13.2. The molecule has 1 N–H and O–H groups in total. The molecule has 142 valence electrons. The maximum atomic E-state index is 12.6. The molecule has 1 aliphatic heterocycles. The Balaban J connectivity index is 1.30. The summed E-state index contributed by atoms with van der Waals surface area (Å²) in [6.45, 7) is 3.78. The van der Waals surface area contributed by atoms with Gasteiger partial charge in [0, 0.05) is 38.6 Å². The number of para-hydroxylation sites is 1. The smallest absolute Gasteiger partial charge is 0.317 e. The second-order valence-electron chi connectivity index (χ2n) is 7.40. The molecular weight excluding hydrogens is 358 g/mol. The average molecular weight is 384 g/mol. The van der Waals surface area contributed by atoms with Gasteiger partial charge < -0.3 is 15.1 Å². The van der Waals surface area contributed by atoms with Crippen molar-refractivity contribution in [3.05, 3.63) is 64.7 Å². The highest BCUT2D eigenvalue weighted by atomic mass is 35.5. The first kappa shape index (κ1) is 18.2. The summed E-state index contributed by atoms with van der Waals surface area (Å²) in [5, 5.41) is 3.94. The predicted octanol–water partition coefficient (Wildman–Crippen LogP) is 4.29. The topological polar surface area (TPSA) is 35.6 Å². The SMILES string of the molecule is O=C(NCC1CCCc2ccccc21)N1CCN(c2ccccc2Cl)CC1. The number of hydrogen-bond donors (Lipinski definition) is 1. The molecule has 2 aromatic carbocycles. The van der Waals surface area contributed by atoms with E-state index in [-0.39, 0.29) is 6.03 Å². The highest BCUT2D eigenvalue weighted by Crippen LogP contribution is 2.31. The number of rotatable bonds is 3. The van der Waals surface area contributed by atoms with Gasteiger partial charge in [-0.15, -0.1) is 0 Å². The minimum atomic E-state index is 0.0527. The average Bonchev–Trinajstić information content (AvgIpc) is 2.72. The van der Waals surface area contributed by atoms with E-state index >= 15 is 0 Å². The minimum Gasteiger partial charge on any atom is -0.367 e. The van der Waals surface area contributed by atoms with Crippen LogP contribution in [0.2, 0.25) is 5.02 Å². The summed E-state index contributed by atoms with van der Waals surface area (Å²) in [5.41, 5.74) is 3.90. The maximum absolute atomic E-state index is 12.6. The van der Waals surface area contributed by atoms with Crippen molar-refractivity contribution in [3.8, 4) is 0 Å². The number of carbonyl (C=O) groups excluding carboxylic acids is 1. The third-order valence-electron chi connectivity index (χ3n) is 5.75. The van der Waals surface area contributed by atoms with Crippen molar-refractivity contribution in [3.63, 3.8) is 0 Å². The fraction of sp³-hybridized carbons (Fsp3) is 0.409. The number of hydrogen-bond acceptors (Lipinski definition) is 2. The highest BCUT2D eigenvalue weighted by Gasteiger charge is 2.24. The van der Waals surface area contributed by atoms with Gasteiger partial charge >= 0.3 is 6.03 Å². The number of aryl methyl sites for hydroxylation is 1. The summed E-state index contributed by atoms with van der Waals surface area (Å²) < 4.78 is 0. The number of urea groups is 1. The van der Waals surface area contributed by atoms with Gasteiger partial charge in [0.05, 0.1) is 10.7 Å². The number of amides is 2. The van der Waals surface area contributed by atoms with Crippen molar-refractivity contribution in [2.45, 2.75) is 25.2 Å². The molecule has 2 aromatic rings. The van der Waals surface area contributed by atoms with Crippen LogP contribution in [0.25, 0.3) is 0 Å². The van der Waals surface area contributed by atoms with E-state index in [9.17, 15) is 4.79 Å². The quantitative estimate of drug-likeness (QED) is 0.858. The standard InChI is InChI=1S/C22H26ClN3O/c23-20-10-3-4-11-21(20)25-12-14-26(15-13-25)22(27)24-16-18-8-5-7-17-6-1-2-9-19(17)18/h1-4,6,9-11,18H,5,7-8,12-16H2,(H,24,27). The molecule has 2 amide bonds. The number of fused-ring (bicyclic) bond motifs is 1. The second-order valence-corrected chi connectivity index (χ2v) is 7.81. The lowest BCUT2D eigenvalue weighted by atomic mass is 9.83. The van der Waals surface area contributed by atoms with Gasteiger partial charge in [0.15, 0.2) is 0 Å². The number of nitrogens with zero attached hydrogens (tertiary/aromatic N) is 2. The molecule has 1 aliphatic carbocycles. The van der Waals surface area contributed by atoms with Crippen LogP contribution in [0, 0.1) is 0 Å². The molecule has 0 aromatic heterocycles. The van der Waals surface area contributed by atoms with E-state index in [1.165, 1.54) is 17.5 Å². The van der Waals surface area contributed by atoms with Crippen molar-refractivity contribution in [2.24, 2.45) is 0 Å². The third kappa shape index (κ3) is 4.06. The Bertz CT molecular complexity index is 802. The Morgan fingerprint density at radius 1 is 1.04 bits per heavy atom. The van der Waals surface area contributed by atoms with E-state index in [0.717, 1.165) is 56.3 Å². The van der Waals surface area contributed by atoms with E-state index in [1.54, 1.807) is 0 Å². The Hall–Kier alpha value is -2.20. The number of anilines is 1. The van der Waals surface area contributed by atoms with Crippen molar-refractivity contribution >= 4 is 23.3 Å². The molecule has 1 atom stereocenters. The van der Waals surface area contributed by atoms with Gasteiger partial charge in [-0.1, -0.05) is 48.0 Å². The largest absolute Gasteiger partial charge is 0.367 e. The minimum absolute atomic E-state index is 0.0527. The zero-order valence-electron chi connectivity index (χ0n) is 15.5. The summed E-state index contributed by atoms with van der Waals surface area (Å²) in [7, 11) is 0. The summed E-state index contributed by atoms with van der Waals surface area (Å²) >= 11 is 6.30. The zero-order valence-corrected chi connectivity index (χ0v) is 16.3. The molecule has 2 aliphatic rings. The normalized spacial score (nSPS) is 19.5. The summed E-state index contributed by atoms with van der Waals surface area (Å²) in [4.78, 5) is 16.8. The predicted molar refractivity (Wildman–Crippen MR) is 111 cm³/mol. The van der Waals surface area contributed by atoms with Gasteiger partial charge in [0.1, 0.15) is 0 Å². The van der Waals surface area contributed by atoms with Crippen LogP contribution in [0.4, 0.5) is 10.5 Å².